The van der Waals surface area contributed by atoms with Crippen molar-refractivity contribution >= 4 is 0 Å². The van der Waals surface area contributed by atoms with Gasteiger partial charge in [0.25, 0.3) is 0 Å². The molecule has 0 fully saturated rings. The van der Waals surface area contributed by atoms with E-state index in [1.165, 1.54) is 5.56 Å². The van der Waals surface area contributed by atoms with Crippen LogP contribution in [-0.4, -0.2) is 6.54 Å². The number of aryl methyl sites for hydroxylation is 2. The Kier molecular flexibility index (Phi) is 3.43. The third kappa shape index (κ3) is 2.52. The van der Waals surface area contributed by atoms with Crippen molar-refractivity contribution in [1.82, 2.24) is 5.32 Å². The number of halogens is 1. The minimum Gasteiger partial charge on any atom is -0.313 e. The van der Waals surface area contributed by atoms with E-state index in [0.717, 1.165) is 24.2 Å². The van der Waals surface area contributed by atoms with Gasteiger partial charge in [0.1, 0.15) is 5.82 Å². The summed E-state index contributed by atoms with van der Waals surface area (Å²) >= 11 is 0. The molecule has 0 amide bonds. The minimum atomic E-state index is -0.143. The Morgan fingerprint density at radius 2 is 1.77 bits per heavy atom. The second-order valence-electron chi connectivity index (χ2n) is 3.30. The molecule has 1 N–H and O–H groups in total. The molecule has 0 aromatic heterocycles. The molecule has 0 spiro atoms. The molecule has 0 atom stereocenters. The molecular weight excluding hydrogens is 165 g/mol. The van der Waals surface area contributed by atoms with E-state index in [1.807, 2.05) is 13.8 Å². The molecule has 0 aliphatic heterocycles. The van der Waals surface area contributed by atoms with Crippen molar-refractivity contribution in [3.8, 4) is 0 Å². The number of hydrogen-bond donors (Lipinski definition) is 1. The molecule has 1 aromatic rings. The molecule has 1 nitrogen and oxygen atoms in total. The predicted octanol–water partition coefficient (Wildman–Crippen LogP) is 2.55. The average Bonchev–Trinajstić information content (AvgIpc) is 2.02. The van der Waals surface area contributed by atoms with Gasteiger partial charge in [-0.2, -0.15) is 0 Å². The topological polar surface area (TPSA) is 12.0 Å². The first kappa shape index (κ1) is 10.2. The van der Waals surface area contributed by atoms with E-state index in [1.54, 1.807) is 12.1 Å². The van der Waals surface area contributed by atoms with E-state index >= 15 is 0 Å². The van der Waals surface area contributed by atoms with E-state index in [9.17, 15) is 4.39 Å². The van der Waals surface area contributed by atoms with Crippen LogP contribution in [0.2, 0.25) is 0 Å². The highest BCUT2D eigenvalue weighted by atomic mass is 19.1. The lowest BCUT2D eigenvalue weighted by atomic mass is 10.0. The highest BCUT2D eigenvalue weighted by Crippen LogP contribution is 2.15. The van der Waals surface area contributed by atoms with Crippen molar-refractivity contribution < 1.29 is 4.39 Å². The Hall–Kier alpha value is -0.890. The van der Waals surface area contributed by atoms with Gasteiger partial charge < -0.3 is 5.32 Å². The molecule has 0 saturated carbocycles. The molecule has 1 aromatic carbocycles. The first-order chi connectivity index (χ1) is 6.15. The highest BCUT2D eigenvalue weighted by molar-refractivity contribution is 5.34. The largest absolute Gasteiger partial charge is 0.313 e. The molecule has 2 heteroatoms. The maximum absolute atomic E-state index is 12.9. The summed E-state index contributed by atoms with van der Waals surface area (Å²) in [5.41, 5.74) is 3.26. The Bertz CT molecular complexity index is 271. The maximum atomic E-state index is 12.9. The normalized spacial score (nSPS) is 10.5. The lowest BCUT2D eigenvalue weighted by molar-refractivity contribution is 0.622. The van der Waals surface area contributed by atoms with Crippen molar-refractivity contribution in [2.24, 2.45) is 0 Å². The third-order valence-electron chi connectivity index (χ3n) is 2.21. The Balaban J connectivity index is 2.92. The molecule has 0 heterocycles. The summed E-state index contributed by atoms with van der Waals surface area (Å²) in [4.78, 5) is 0. The van der Waals surface area contributed by atoms with Crippen LogP contribution < -0.4 is 5.32 Å². The van der Waals surface area contributed by atoms with Gasteiger partial charge in [-0.05, 0) is 49.2 Å². The summed E-state index contributed by atoms with van der Waals surface area (Å²) in [7, 11) is 0. The van der Waals surface area contributed by atoms with Crippen LogP contribution in [0.4, 0.5) is 4.39 Å². The summed E-state index contributed by atoms with van der Waals surface area (Å²) < 4.78 is 12.9. The van der Waals surface area contributed by atoms with Gasteiger partial charge in [-0.15, -0.1) is 0 Å². The first-order valence-corrected chi connectivity index (χ1v) is 4.61. The Morgan fingerprint density at radius 1 is 1.23 bits per heavy atom. The molecule has 0 aliphatic rings. The molecule has 0 unspecified atom stereocenters. The zero-order valence-electron chi connectivity index (χ0n) is 8.45. The number of benzene rings is 1. The maximum Gasteiger partial charge on any atom is 0.123 e. The van der Waals surface area contributed by atoms with Crippen LogP contribution in [0.5, 0.6) is 0 Å². The second kappa shape index (κ2) is 4.38. The summed E-state index contributed by atoms with van der Waals surface area (Å²) in [6, 6.07) is 3.17. The fourth-order valence-corrected chi connectivity index (χ4v) is 1.47. The van der Waals surface area contributed by atoms with E-state index in [-0.39, 0.29) is 5.82 Å². The van der Waals surface area contributed by atoms with E-state index in [4.69, 9.17) is 0 Å². The van der Waals surface area contributed by atoms with Gasteiger partial charge in [-0.1, -0.05) is 6.92 Å². The molecule has 0 radical (unpaired) electrons. The van der Waals surface area contributed by atoms with Crippen LogP contribution in [0.15, 0.2) is 12.1 Å². The van der Waals surface area contributed by atoms with Crippen molar-refractivity contribution in [2.45, 2.75) is 27.3 Å². The lowest BCUT2D eigenvalue weighted by Gasteiger charge is -2.10. The second-order valence-corrected chi connectivity index (χ2v) is 3.30. The summed E-state index contributed by atoms with van der Waals surface area (Å²) in [6.07, 6.45) is 0. The SMILES string of the molecule is CCNCc1c(C)cc(F)cc1C. The quantitative estimate of drug-likeness (QED) is 0.755. The van der Waals surface area contributed by atoms with Gasteiger partial charge in [0, 0.05) is 6.54 Å². The lowest BCUT2D eigenvalue weighted by Crippen LogP contribution is -2.14. The summed E-state index contributed by atoms with van der Waals surface area (Å²) in [5.74, 6) is -0.143. The van der Waals surface area contributed by atoms with Gasteiger partial charge in [0.15, 0.2) is 0 Å². The average molecular weight is 181 g/mol. The Morgan fingerprint density at radius 3 is 2.23 bits per heavy atom. The van der Waals surface area contributed by atoms with Gasteiger partial charge in [-0.3, -0.25) is 0 Å². The van der Waals surface area contributed by atoms with Crippen molar-refractivity contribution in [1.29, 1.82) is 0 Å². The minimum absolute atomic E-state index is 0.143. The fourth-order valence-electron chi connectivity index (χ4n) is 1.47. The predicted molar refractivity (Wildman–Crippen MR) is 53.3 cm³/mol. The first-order valence-electron chi connectivity index (χ1n) is 4.61. The molecule has 0 bridgehead atoms. The van der Waals surface area contributed by atoms with Crippen LogP contribution >= 0.6 is 0 Å². The summed E-state index contributed by atoms with van der Waals surface area (Å²) in [5, 5.41) is 3.24. The van der Waals surface area contributed by atoms with Crippen LogP contribution in [0.1, 0.15) is 23.6 Å². The van der Waals surface area contributed by atoms with Gasteiger partial charge in [-0.25, -0.2) is 4.39 Å². The summed E-state index contributed by atoms with van der Waals surface area (Å²) in [6.45, 7) is 7.73. The number of rotatable bonds is 3. The van der Waals surface area contributed by atoms with Gasteiger partial charge >= 0.3 is 0 Å². The highest BCUT2D eigenvalue weighted by Gasteiger charge is 2.03. The van der Waals surface area contributed by atoms with Crippen LogP contribution in [-0.2, 0) is 6.54 Å². The molecule has 0 aliphatic carbocycles. The van der Waals surface area contributed by atoms with Crippen molar-refractivity contribution in [2.75, 3.05) is 6.54 Å². The molecule has 72 valence electrons. The van der Waals surface area contributed by atoms with E-state index in [0.29, 0.717) is 0 Å². The number of nitrogens with one attached hydrogen (secondary N) is 1. The number of hydrogen-bond acceptors (Lipinski definition) is 1. The van der Waals surface area contributed by atoms with Crippen LogP contribution in [0.25, 0.3) is 0 Å². The third-order valence-corrected chi connectivity index (χ3v) is 2.21. The Labute approximate surface area is 79.0 Å². The van der Waals surface area contributed by atoms with Crippen LogP contribution in [0.3, 0.4) is 0 Å². The molecule has 0 saturated heterocycles. The van der Waals surface area contributed by atoms with Crippen molar-refractivity contribution in [3.63, 3.8) is 0 Å². The fraction of sp³-hybridized carbons (Fsp3) is 0.455. The van der Waals surface area contributed by atoms with Gasteiger partial charge in [0.2, 0.25) is 0 Å². The van der Waals surface area contributed by atoms with E-state index < -0.39 is 0 Å². The van der Waals surface area contributed by atoms with E-state index in [2.05, 4.69) is 12.2 Å². The zero-order chi connectivity index (χ0) is 9.84. The standard InChI is InChI=1S/C11H16FN/c1-4-13-7-11-8(2)5-10(12)6-9(11)3/h5-6,13H,4,7H2,1-3H3. The molecular formula is C11H16FN. The monoisotopic (exact) mass is 181 g/mol. The zero-order valence-corrected chi connectivity index (χ0v) is 8.45. The van der Waals surface area contributed by atoms with Crippen molar-refractivity contribution in [3.05, 3.63) is 34.6 Å². The van der Waals surface area contributed by atoms with Gasteiger partial charge in [0.05, 0.1) is 0 Å². The molecule has 1 rings (SSSR count). The smallest absolute Gasteiger partial charge is 0.123 e. The molecule has 13 heavy (non-hydrogen) atoms. The van der Waals surface area contributed by atoms with Crippen LogP contribution in [0, 0.1) is 19.7 Å².